The smallest absolute Gasteiger partial charge is 0.225 e. The summed E-state index contributed by atoms with van der Waals surface area (Å²) in [5.41, 5.74) is 1.17. The minimum Gasteiger partial charge on any atom is -0.339 e. The zero-order valence-corrected chi connectivity index (χ0v) is 15.9. The fraction of sp³-hybridized carbons (Fsp3) is 0.556. The van der Waals surface area contributed by atoms with Crippen molar-refractivity contribution in [2.75, 3.05) is 31.1 Å². The predicted octanol–water partition coefficient (Wildman–Crippen LogP) is 2.51. The highest BCUT2D eigenvalue weighted by molar-refractivity contribution is 7.09. The summed E-state index contributed by atoms with van der Waals surface area (Å²) in [7, 11) is 0. The maximum atomic E-state index is 12.5. The van der Waals surface area contributed by atoms with Crippen LogP contribution in [0.5, 0.6) is 0 Å². The molecule has 25 heavy (non-hydrogen) atoms. The molecule has 2 aromatic rings. The topological polar surface area (TPSA) is 62.2 Å². The molecule has 1 amide bonds. The molecular weight excluding hydrogens is 334 g/mol. The summed E-state index contributed by atoms with van der Waals surface area (Å²) >= 11 is 1.66. The molecule has 1 aliphatic heterocycles. The summed E-state index contributed by atoms with van der Waals surface area (Å²) in [5.74, 6) is 0.952. The average Bonchev–Trinajstić information content (AvgIpc) is 3.10. The second kappa shape index (κ2) is 7.47. The highest BCUT2D eigenvalue weighted by atomic mass is 32.1. The van der Waals surface area contributed by atoms with E-state index in [9.17, 15) is 4.79 Å². The van der Waals surface area contributed by atoms with Gasteiger partial charge in [-0.3, -0.25) is 4.79 Å². The normalized spacial score (nSPS) is 15.5. The number of amides is 1. The SMILES string of the molecule is CC(C)(C)c1csc(CCC(=O)N2CCN(c3ncccn3)CC2)n1. The van der Waals surface area contributed by atoms with Crippen LogP contribution in [0.3, 0.4) is 0 Å². The Morgan fingerprint density at radius 3 is 2.44 bits per heavy atom. The van der Waals surface area contributed by atoms with Crippen molar-refractivity contribution >= 4 is 23.2 Å². The van der Waals surface area contributed by atoms with E-state index in [1.165, 1.54) is 0 Å². The van der Waals surface area contributed by atoms with Gasteiger partial charge in [0.2, 0.25) is 11.9 Å². The maximum Gasteiger partial charge on any atom is 0.225 e. The monoisotopic (exact) mass is 359 g/mol. The van der Waals surface area contributed by atoms with Crippen molar-refractivity contribution in [1.29, 1.82) is 0 Å². The average molecular weight is 359 g/mol. The molecule has 0 saturated carbocycles. The quantitative estimate of drug-likeness (QED) is 0.839. The predicted molar refractivity (Wildman–Crippen MR) is 100.0 cm³/mol. The van der Waals surface area contributed by atoms with Gasteiger partial charge in [-0.05, 0) is 6.07 Å². The molecule has 0 bridgehead atoms. The van der Waals surface area contributed by atoms with Crippen LogP contribution >= 0.6 is 11.3 Å². The number of hydrogen-bond acceptors (Lipinski definition) is 6. The first-order valence-electron chi connectivity index (χ1n) is 8.68. The zero-order chi connectivity index (χ0) is 17.9. The minimum absolute atomic E-state index is 0.0641. The Kier molecular flexibility index (Phi) is 5.32. The molecule has 1 aliphatic rings. The van der Waals surface area contributed by atoms with Gasteiger partial charge < -0.3 is 9.80 Å². The Bertz CT molecular complexity index is 702. The number of thiazole rings is 1. The van der Waals surface area contributed by atoms with Gasteiger partial charge in [-0.2, -0.15) is 0 Å². The first kappa shape index (κ1) is 17.8. The summed E-state index contributed by atoms with van der Waals surface area (Å²) < 4.78 is 0. The number of rotatable bonds is 4. The lowest BCUT2D eigenvalue weighted by atomic mass is 9.93. The molecule has 1 saturated heterocycles. The van der Waals surface area contributed by atoms with E-state index in [0.29, 0.717) is 6.42 Å². The Morgan fingerprint density at radius 1 is 1.16 bits per heavy atom. The third-order valence-corrected chi connectivity index (χ3v) is 5.25. The van der Waals surface area contributed by atoms with Crippen LogP contribution in [-0.4, -0.2) is 51.9 Å². The second-order valence-corrected chi connectivity index (χ2v) is 8.24. The molecule has 1 fully saturated rings. The number of carbonyl (C=O) groups is 1. The lowest BCUT2D eigenvalue weighted by molar-refractivity contribution is -0.131. The first-order valence-corrected chi connectivity index (χ1v) is 9.56. The van der Waals surface area contributed by atoms with E-state index in [2.05, 4.69) is 46.0 Å². The van der Waals surface area contributed by atoms with Crippen LogP contribution in [-0.2, 0) is 16.6 Å². The molecule has 134 valence electrons. The molecular formula is C18H25N5OS. The van der Waals surface area contributed by atoms with E-state index < -0.39 is 0 Å². The second-order valence-electron chi connectivity index (χ2n) is 7.29. The highest BCUT2D eigenvalue weighted by Crippen LogP contribution is 2.24. The van der Waals surface area contributed by atoms with Crippen LogP contribution in [0.15, 0.2) is 23.8 Å². The molecule has 3 rings (SSSR count). The molecule has 7 heteroatoms. The standard InChI is InChI=1S/C18H25N5OS/c1-18(2,3)14-13-25-15(21-14)5-6-16(24)22-9-11-23(12-10-22)17-19-7-4-8-20-17/h4,7-8,13H,5-6,9-12H2,1-3H3. The molecule has 6 nitrogen and oxygen atoms in total. The molecule has 0 N–H and O–H groups in total. The fourth-order valence-corrected chi connectivity index (χ4v) is 3.78. The summed E-state index contributed by atoms with van der Waals surface area (Å²) in [6, 6.07) is 1.81. The number of anilines is 1. The van der Waals surface area contributed by atoms with Gasteiger partial charge in [0.25, 0.3) is 0 Å². The van der Waals surface area contributed by atoms with Gasteiger partial charge in [-0.15, -0.1) is 11.3 Å². The summed E-state index contributed by atoms with van der Waals surface area (Å²) in [6.07, 6.45) is 4.75. The van der Waals surface area contributed by atoms with E-state index >= 15 is 0 Å². The Morgan fingerprint density at radius 2 is 1.84 bits per heavy atom. The van der Waals surface area contributed by atoms with E-state index in [0.717, 1.165) is 49.2 Å². The number of carbonyl (C=O) groups excluding carboxylic acids is 1. The van der Waals surface area contributed by atoms with Gasteiger partial charge in [0.15, 0.2) is 0 Å². The number of aryl methyl sites for hydroxylation is 1. The van der Waals surface area contributed by atoms with Crippen LogP contribution < -0.4 is 4.90 Å². The number of piperazine rings is 1. The summed E-state index contributed by atoms with van der Waals surface area (Å²) in [6.45, 7) is 9.49. The fourth-order valence-electron chi connectivity index (χ4n) is 2.75. The van der Waals surface area contributed by atoms with E-state index in [4.69, 9.17) is 0 Å². The van der Waals surface area contributed by atoms with Crippen molar-refractivity contribution in [3.8, 4) is 0 Å². The maximum absolute atomic E-state index is 12.5. The van der Waals surface area contributed by atoms with E-state index in [1.54, 1.807) is 23.7 Å². The third kappa shape index (κ3) is 4.54. The van der Waals surface area contributed by atoms with Crippen molar-refractivity contribution in [3.63, 3.8) is 0 Å². The minimum atomic E-state index is 0.0641. The van der Waals surface area contributed by atoms with Crippen molar-refractivity contribution in [1.82, 2.24) is 19.9 Å². The van der Waals surface area contributed by atoms with Gasteiger partial charge in [-0.1, -0.05) is 20.8 Å². The Balaban J connectivity index is 1.47. The molecule has 0 unspecified atom stereocenters. The van der Waals surface area contributed by atoms with Gasteiger partial charge in [0.1, 0.15) is 0 Å². The zero-order valence-electron chi connectivity index (χ0n) is 15.1. The lowest BCUT2D eigenvalue weighted by Crippen LogP contribution is -2.49. The molecule has 0 aromatic carbocycles. The highest BCUT2D eigenvalue weighted by Gasteiger charge is 2.23. The van der Waals surface area contributed by atoms with Crippen LogP contribution in [0.1, 0.15) is 37.9 Å². The molecule has 0 radical (unpaired) electrons. The summed E-state index contributed by atoms with van der Waals surface area (Å²) in [5, 5.41) is 3.16. The van der Waals surface area contributed by atoms with Gasteiger partial charge >= 0.3 is 0 Å². The molecule has 0 atom stereocenters. The molecule has 3 heterocycles. The van der Waals surface area contributed by atoms with Crippen LogP contribution in [0.25, 0.3) is 0 Å². The molecule has 0 aliphatic carbocycles. The number of nitrogens with zero attached hydrogens (tertiary/aromatic N) is 5. The van der Waals surface area contributed by atoms with Crippen LogP contribution in [0, 0.1) is 0 Å². The van der Waals surface area contributed by atoms with Crippen molar-refractivity contribution in [3.05, 3.63) is 34.5 Å². The largest absolute Gasteiger partial charge is 0.339 e. The van der Waals surface area contributed by atoms with Crippen molar-refractivity contribution in [2.24, 2.45) is 0 Å². The van der Waals surface area contributed by atoms with Gasteiger partial charge in [0.05, 0.1) is 10.7 Å². The third-order valence-electron chi connectivity index (χ3n) is 4.34. The van der Waals surface area contributed by atoms with E-state index in [1.807, 2.05) is 11.0 Å². The lowest BCUT2D eigenvalue weighted by Gasteiger charge is -2.34. The number of hydrogen-bond donors (Lipinski definition) is 0. The van der Waals surface area contributed by atoms with Gasteiger partial charge in [0, 0.05) is 62.2 Å². The van der Waals surface area contributed by atoms with Gasteiger partial charge in [-0.25, -0.2) is 15.0 Å². The molecule has 2 aromatic heterocycles. The molecule has 0 spiro atoms. The Labute approximate surface area is 152 Å². The van der Waals surface area contributed by atoms with Crippen molar-refractivity contribution in [2.45, 2.75) is 39.0 Å². The Hall–Kier alpha value is -2.02. The van der Waals surface area contributed by atoms with Crippen molar-refractivity contribution < 1.29 is 4.79 Å². The first-order chi connectivity index (χ1) is 11.9. The van der Waals surface area contributed by atoms with Crippen LogP contribution in [0.2, 0.25) is 0 Å². The van der Waals surface area contributed by atoms with Crippen LogP contribution in [0.4, 0.5) is 5.95 Å². The summed E-state index contributed by atoms with van der Waals surface area (Å²) in [4.78, 5) is 29.8. The van der Waals surface area contributed by atoms with E-state index in [-0.39, 0.29) is 11.3 Å². The number of aromatic nitrogens is 3.